The van der Waals surface area contributed by atoms with Crippen LogP contribution in [0.3, 0.4) is 0 Å². The van der Waals surface area contributed by atoms with Crippen LogP contribution in [0.2, 0.25) is 10.0 Å². The molecule has 11 heteroatoms. The lowest BCUT2D eigenvalue weighted by Crippen LogP contribution is -2.43. The van der Waals surface area contributed by atoms with Crippen molar-refractivity contribution < 1.29 is 24.0 Å². The third-order valence-electron chi connectivity index (χ3n) is 4.74. The monoisotopic (exact) mass is 465 g/mol. The molecule has 1 saturated heterocycles. The number of ether oxygens (including phenoxy) is 1. The third-order valence-corrected chi connectivity index (χ3v) is 5.18. The maximum Gasteiger partial charge on any atom is 0.338 e. The zero-order valence-corrected chi connectivity index (χ0v) is 17.8. The lowest BCUT2D eigenvalue weighted by Gasteiger charge is -2.24. The van der Waals surface area contributed by atoms with Gasteiger partial charge < -0.3 is 15.0 Å². The molecule has 162 valence electrons. The molecule has 9 nitrogen and oxygen atoms in total. The summed E-state index contributed by atoms with van der Waals surface area (Å²) >= 11 is 11.9. The fraction of sp³-hybridized carbons (Fsp3) is 0.250. The van der Waals surface area contributed by atoms with Gasteiger partial charge in [-0.3, -0.25) is 19.7 Å². The lowest BCUT2D eigenvalue weighted by molar-refractivity contribution is -0.384. The molecule has 0 aliphatic carbocycles. The molecule has 1 aliphatic rings. The van der Waals surface area contributed by atoms with Gasteiger partial charge in [0.15, 0.2) is 0 Å². The number of methoxy groups -OCH3 is 1. The van der Waals surface area contributed by atoms with Crippen LogP contribution in [0.15, 0.2) is 36.4 Å². The Morgan fingerprint density at radius 3 is 2.35 bits per heavy atom. The van der Waals surface area contributed by atoms with E-state index in [2.05, 4.69) is 10.1 Å². The molecule has 0 radical (unpaired) electrons. The molecule has 31 heavy (non-hydrogen) atoms. The number of carbonyl (C=O) groups excluding carboxylic acids is 3. The number of likely N-dealkylation sites (tertiary alicyclic amines) is 1. The second-order valence-corrected chi connectivity index (χ2v) is 7.69. The number of hydrogen-bond acceptors (Lipinski definition) is 6. The lowest BCUT2D eigenvalue weighted by atomic mass is 10.1. The number of nitro benzene ring substituents is 1. The predicted octanol–water partition coefficient (Wildman–Crippen LogP) is 3.93. The highest BCUT2D eigenvalue weighted by Gasteiger charge is 2.35. The summed E-state index contributed by atoms with van der Waals surface area (Å²) in [7, 11) is 1.13. The van der Waals surface area contributed by atoms with Gasteiger partial charge in [0, 0.05) is 40.0 Å². The largest absolute Gasteiger partial charge is 0.465 e. The number of non-ortho nitro benzene ring substituents is 1. The van der Waals surface area contributed by atoms with E-state index >= 15 is 0 Å². The van der Waals surface area contributed by atoms with Crippen molar-refractivity contribution >= 4 is 52.4 Å². The number of nitro groups is 1. The first-order valence-electron chi connectivity index (χ1n) is 9.15. The number of rotatable bonds is 5. The van der Waals surface area contributed by atoms with Crippen LogP contribution in [-0.4, -0.2) is 47.3 Å². The second-order valence-electron chi connectivity index (χ2n) is 6.82. The quantitative estimate of drug-likeness (QED) is 0.405. The van der Waals surface area contributed by atoms with E-state index in [1.54, 1.807) is 0 Å². The third kappa shape index (κ3) is 5.12. The Kier molecular flexibility index (Phi) is 6.77. The molecule has 1 atom stereocenters. The number of hydrogen-bond donors (Lipinski definition) is 1. The van der Waals surface area contributed by atoms with Crippen LogP contribution in [-0.2, 0) is 9.53 Å². The van der Waals surface area contributed by atoms with Gasteiger partial charge in [-0.05, 0) is 37.1 Å². The van der Waals surface area contributed by atoms with Crippen molar-refractivity contribution in [1.82, 2.24) is 4.90 Å². The average molecular weight is 466 g/mol. The summed E-state index contributed by atoms with van der Waals surface area (Å²) in [6.45, 7) is 0.281. The van der Waals surface area contributed by atoms with Gasteiger partial charge in [0.25, 0.3) is 11.6 Å². The van der Waals surface area contributed by atoms with Gasteiger partial charge in [-0.1, -0.05) is 23.2 Å². The maximum absolute atomic E-state index is 13.1. The first-order valence-corrected chi connectivity index (χ1v) is 9.91. The first-order chi connectivity index (χ1) is 14.7. The van der Waals surface area contributed by atoms with Crippen molar-refractivity contribution in [2.24, 2.45) is 0 Å². The predicted molar refractivity (Wildman–Crippen MR) is 114 cm³/mol. The average Bonchev–Trinajstić information content (AvgIpc) is 3.21. The molecule has 2 aromatic carbocycles. The summed E-state index contributed by atoms with van der Waals surface area (Å²) in [4.78, 5) is 49.6. The van der Waals surface area contributed by atoms with E-state index < -0.39 is 34.4 Å². The summed E-state index contributed by atoms with van der Waals surface area (Å²) in [6.07, 6.45) is 0.976. The van der Waals surface area contributed by atoms with Crippen LogP contribution in [0.4, 0.5) is 11.4 Å². The molecule has 1 aliphatic heterocycles. The van der Waals surface area contributed by atoms with E-state index in [1.807, 2.05) is 0 Å². The molecule has 0 spiro atoms. The van der Waals surface area contributed by atoms with E-state index in [1.165, 1.54) is 29.2 Å². The van der Waals surface area contributed by atoms with Gasteiger partial charge in [0.1, 0.15) is 6.04 Å². The number of nitrogens with one attached hydrogen (secondary N) is 1. The summed E-state index contributed by atoms with van der Waals surface area (Å²) in [6, 6.07) is 7.08. The standard InChI is InChI=1S/C20H17Cl2N3O6/c1-31-20(28)12-5-11(6-16(7-12)25(29)30)19(27)24-4-2-3-17(24)18(26)23-15-9-13(21)8-14(22)10-15/h5-10,17H,2-4H2,1H3,(H,23,26). The molecular formula is C20H17Cl2N3O6. The molecule has 2 aromatic rings. The summed E-state index contributed by atoms with van der Waals surface area (Å²) in [5, 5.41) is 14.6. The molecule has 2 amide bonds. The van der Waals surface area contributed by atoms with Gasteiger partial charge in [-0.2, -0.15) is 0 Å². The smallest absolute Gasteiger partial charge is 0.338 e. The molecule has 0 bridgehead atoms. The number of benzene rings is 2. The van der Waals surface area contributed by atoms with Crippen LogP contribution in [0.5, 0.6) is 0 Å². The van der Waals surface area contributed by atoms with Crippen LogP contribution >= 0.6 is 23.2 Å². The van der Waals surface area contributed by atoms with Gasteiger partial charge in [-0.15, -0.1) is 0 Å². The van der Waals surface area contributed by atoms with Crippen LogP contribution in [0, 0.1) is 10.1 Å². The highest BCUT2D eigenvalue weighted by Crippen LogP contribution is 2.27. The van der Waals surface area contributed by atoms with Crippen molar-refractivity contribution in [3.8, 4) is 0 Å². The Bertz CT molecular complexity index is 1050. The SMILES string of the molecule is COC(=O)c1cc(C(=O)N2CCCC2C(=O)Nc2cc(Cl)cc(Cl)c2)cc([N+](=O)[O-])c1. The molecule has 1 fully saturated rings. The highest BCUT2D eigenvalue weighted by molar-refractivity contribution is 6.35. The number of amides is 2. The molecular weight excluding hydrogens is 449 g/mol. The highest BCUT2D eigenvalue weighted by atomic mass is 35.5. The van der Waals surface area contributed by atoms with Gasteiger partial charge in [0.05, 0.1) is 17.6 Å². The minimum absolute atomic E-state index is 0.0832. The van der Waals surface area contributed by atoms with Crippen LogP contribution in [0.1, 0.15) is 33.6 Å². The fourth-order valence-electron chi connectivity index (χ4n) is 3.38. The molecule has 3 rings (SSSR count). The van der Waals surface area contributed by atoms with E-state index in [0.717, 1.165) is 19.2 Å². The number of nitrogens with zero attached hydrogens (tertiary/aromatic N) is 2. The molecule has 0 saturated carbocycles. The summed E-state index contributed by atoms with van der Waals surface area (Å²) in [5.74, 6) is -1.86. The fourth-order valence-corrected chi connectivity index (χ4v) is 3.90. The van der Waals surface area contributed by atoms with E-state index in [0.29, 0.717) is 28.6 Å². The zero-order chi connectivity index (χ0) is 22.7. The Morgan fingerprint density at radius 2 is 1.74 bits per heavy atom. The van der Waals surface area contributed by atoms with E-state index in [9.17, 15) is 24.5 Å². The molecule has 1 heterocycles. The molecule has 1 unspecified atom stereocenters. The van der Waals surface area contributed by atoms with Crippen LogP contribution < -0.4 is 5.32 Å². The Morgan fingerprint density at radius 1 is 1.10 bits per heavy atom. The van der Waals surface area contributed by atoms with Gasteiger partial charge in [0.2, 0.25) is 5.91 Å². The van der Waals surface area contributed by atoms with Gasteiger partial charge in [-0.25, -0.2) is 4.79 Å². The van der Waals surface area contributed by atoms with Gasteiger partial charge >= 0.3 is 5.97 Å². The number of esters is 1. The van der Waals surface area contributed by atoms with E-state index in [4.69, 9.17) is 23.2 Å². The van der Waals surface area contributed by atoms with E-state index in [-0.39, 0.29) is 17.7 Å². The Hall–Kier alpha value is -3.17. The molecule has 1 N–H and O–H groups in total. The number of carbonyl (C=O) groups is 3. The van der Waals surface area contributed by atoms with Crippen molar-refractivity contribution in [2.75, 3.05) is 19.0 Å². The summed E-state index contributed by atoms with van der Waals surface area (Å²) in [5.41, 5.74) is -0.265. The van der Waals surface area contributed by atoms with Crippen molar-refractivity contribution in [3.63, 3.8) is 0 Å². The number of halogens is 2. The van der Waals surface area contributed by atoms with Crippen LogP contribution in [0.25, 0.3) is 0 Å². The minimum Gasteiger partial charge on any atom is -0.465 e. The maximum atomic E-state index is 13.1. The Labute approximate surface area is 187 Å². The normalized spacial score (nSPS) is 15.5. The number of anilines is 1. The first kappa shape index (κ1) is 22.5. The Balaban J connectivity index is 1.86. The minimum atomic E-state index is -0.814. The second kappa shape index (κ2) is 9.32. The topological polar surface area (TPSA) is 119 Å². The van der Waals surface area contributed by atoms with Crippen molar-refractivity contribution in [2.45, 2.75) is 18.9 Å². The van der Waals surface area contributed by atoms with Crippen molar-refractivity contribution in [3.05, 3.63) is 67.7 Å². The zero-order valence-electron chi connectivity index (χ0n) is 16.3. The van der Waals surface area contributed by atoms with Crippen molar-refractivity contribution in [1.29, 1.82) is 0 Å². The summed E-state index contributed by atoms with van der Waals surface area (Å²) < 4.78 is 4.60. The molecule has 0 aromatic heterocycles.